The van der Waals surface area contributed by atoms with Crippen LogP contribution in [0.25, 0.3) is 0 Å². The second-order valence-corrected chi connectivity index (χ2v) is 15.8. The van der Waals surface area contributed by atoms with Gasteiger partial charge >= 0.3 is 13.8 Å². The third-order valence-corrected chi connectivity index (χ3v) is 9.95. The van der Waals surface area contributed by atoms with Crippen LogP contribution in [0, 0.1) is 0 Å². The van der Waals surface area contributed by atoms with Crippen LogP contribution < -0.4 is 0 Å². The van der Waals surface area contributed by atoms with E-state index in [0.29, 0.717) is 13.0 Å². The first-order valence-corrected chi connectivity index (χ1v) is 23.1. The van der Waals surface area contributed by atoms with E-state index >= 15 is 0 Å². The van der Waals surface area contributed by atoms with Gasteiger partial charge in [-0.15, -0.1) is 0 Å². The number of hydrogen-bond acceptors (Lipinski definition) is 8. The zero-order valence-electron chi connectivity index (χ0n) is 34.4. The van der Waals surface area contributed by atoms with E-state index in [1.807, 2.05) is 0 Å². The highest BCUT2D eigenvalue weighted by Gasteiger charge is 2.26. The number of ether oxygens (including phenoxy) is 2. The number of unbranched alkanes of at least 4 members (excludes halogenated alkanes) is 19. The van der Waals surface area contributed by atoms with Gasteiger partial charge in [0.2, 0.25) is 0 Å². The predicted octanol–water partition coefficient (Wildman–Crippen LogP) is 11.8. The molecule has 0 spiro atoms. The number of phosphoric acid groups is 1. The van der Waals surface area contributed by atoms with Crippen molar-refractivity contribution in [2.75, 3.05) is 33.0 Å². The van der Waals surface area contributed by atoms with E-state index in [2.05, 4.69) is 62.5 Å². The van der Waals surface area contributed by atoms with E-state index in [1.54, 1.807) is 0 Å². The van der Waals surface area contributed by atoms with Gasteiger partial charge in [-0.25, -0.2) is 4.57 Å². The molecule has 0 aliphatic rings. The van der Waals surface area contributed by atoms with E-state index in [9.17, 15) is 19.4 Å². The first-order chi connectivity index (χ1) is 26.3. The first kappa shape index (κ1) is 52.4. The average molecular weight is 785 g/mol. The lowest BCUT2D eigenvalue weighted by atomic mass is 10.1. The molecule has 0 rings (SSSR count). The number of aliphatic hydroxyl groups excluding tert-OH is 2. The Morgan fingerprint density at radius 2 is 1.06 bits per heavy atom. The highest BCUT2D eigenvalue weighted by Crippen LogP contribution is 2.43. The first-order valence-electron chi connectivity index (χ1n) is 21.6. The molecule has 10 heteroatoms. The summed E-state index contributed by atoms with van der Waals surface area (Å²) in [5.41, 5.74) is 0. The molecular formula is C44H81O9P. The molecular weight excluding hydrogens is 703 g/mol. The Morgan fingerprint density at radius 1 is 0.593 bits per heavy atom. The minimum absolute atomic E-state index is 0.0393. The molecule has 316 valence electrons. The van der Waals surface area contributed by atoms with Crippen molar-refractivity contribution in [2.45, 2.75) is 193 Å². The van der Waals surface area contributed by atoms with Crippen LogP contribution >= 0.6 is 7.82 Å². The third kappa shape index (κ3) is 40.1. The second kappa shape index (κ2) is 41.1. The van der Waals surface area contributed by atoms with Crippen LogP contribution in [0.15, 0.2) is 48.6 Å². The normalized spacial score (nSPS) is 14.5. The molecule has 3 unspecified atom stereocenters. The van der Waals surface area contributed by atoms with Gasteiger partial charge in [0.25, 0.3) is 0 Å². The monoisotopic (exact) mass is 785 g/mol. The van der Waals surface area contributed by atoms with E-state index in [0.717, 1.165) is 70.6 Å². The highest BCUT2D eigenvalue weighted by molar-refractivity contribution is 7.47. The van der Waals surface area contributed by atoms with Crippen LogP contribution in [0.5, 0.6) is 0 Å². The standard InChI is InChI=1S/C44H81O9P/c1-3-5-7-9-11-13-15-17-19-20-21-23-25-27-29-31-33-35-37-50-40-43(41-52-54(48,49)51-39-42(46)38-45)53-44(47)36-34-32-30-28-26-24-22-18-16-14-12-10-8-6-4-2/h6,8,12,14,17-19,22,42-43,45-46H,3-5,7,9-11,13,15-16,20-21,23-41H2,1-2H3,(H,48,49)/b8-6-,14-12-,19-17-,22-18-. The maximum absolute atomic E-state index is 12.6. The summed E-state index contributed by atoms with van der Waals surface area (Å²) in [4.78, 5) is 22.6. The smallest absolute Gasteiger partial charge is 0.457 e. The Bertz CT molecular complexity index is 981. The van der Waals surface area contributed by atoms with Crippen LogP contribution in [0.3, 0.4) is 0 Å². The van der Waals surface area contributed by atoms with Gasteiger partial charge in [-0.3, -0.25) is 13.8 Å². The van der Waals surface area contributed by atoms with Crippen LogP contribution in [0.2, 0.25) is 0 Å². The fraction of sp³-hybridized carbons (Fsp3) is 0.795. The molecule has 0 aromatic rings. The highest BCUT2D eigenvalue weighted by atomic mass is 31.2. The second-order valence-electron chi connectivity index (χ2n) is 14.3. The lowest BCUT2D eigenvalue weighted by Gasteiger charge is -2.20. The fourth-order valence-corrected chi connectivity index (χ4v) is 6.51. The zero-order chi connectivity index (χ0) is 39.6. The Morgan fingerprint density at radius 3 is 1.61 bits per heavy atom. The molecule has 3 N–H and O–H groups in total. The zero-order valence-corrected chi connectivity index (χ0v) is 35.3. The van der Waals surface area contributed by atoms with Gasteiger partial charge < -0.3 is 24.6 Å². The molecule has 0 radical (unpaired) electrons. The van der Waals surface area contributed by atoms with Crippen LogP contribution in [0.4, 0.5) is 0 Å². The molecule has 9 nitrogen and oxygen atoms in total. The number of phosphoric ester groups is 1. The van der Waals surface area contributed by atoms with Gasteiger partial charge in [0.15, 0.2) is 0 Å². The molecule has 0 aliphatic carbocycles. The van der Waals surface area contributed by atoms with Crippen molar-refractivity contribution < 1.29 is 43.0 Å². The predicted molar refractivity (Wildman–Crippen MR) is 223 cm³/mol. The Kier molecular flexibility index (Phi) is 39.9. The fourth-order valence-electron chi connectivity index (χ4n) is 5.72. The molecule has 0 saturated carbocycles. The van der Waals surface area contributed by atoms with Gasteiger partial charge in [0, 0.05) is 13.0 Å². The van der Waals surface area contributed by atoms with E-state index in [4.69, 9.17) is 23.6 Å². The van der Waals surface area contributed by atoms with Gasteiger partial charge in [-0.2, -0.15) is 0 Å². The van der Waals surface area contributed by atoms with Gasteiger partial charge in [0.1, 0.15) is 12.2 Å². The number of hydrogen-bond donors (Lipinski definition) is 3. The molecule has 0 fully saturated rings. The number of carbonyl (C=O) groups is 1. The van der Waals surface area contributed by atoms with E-state index in [-0.39, 0.29) is 19.6 Å². The van der Waals surface area contributed by atoms with Crippen molar-refractivity contribution in [2.24, 2.45) is 0 Å². The van der Waals surface area contributed by atoms with Crippen molar-refractivity contribution in [3.63, 3.8) is 0 Å². The number of carbonyl (C=O) groups excluding carboxylic acids is 1. The Balaban J connectivity index is 4.19. The summed E-state index contributed by atoms with van der Waals surface area (Å²) in [5.74, 6) is -0.401. The molecule has 0 bridgehead atoms. The van der Waals surface area contributed by atoms with Crippen LogP contribution in [0.1, 0.15) is 181 Å². The quantitative estimate of drug-likeness (QED) is 0.0240. The molecule has 0 aromatic heterocycles. The van der Waals surface area contributed by atoms with Gasteiger partial charge in [-0.05, 0) is 70.6 Å². The molecule has 0 saturated heterocycles. The largest absolute Gasteiger partial charge is 0.472 e. The van der Waals surface area contributed by atoms with Crippen molar-refractivity contribution in [1.82, 2.24) is 0 Å². The summed E-state index contributed by atoms with van der Waals surface area (Å²) in [6.07, 6.45) is 45.0. The summed E-state index contributed by atoms with van der Waals surface area (Å²) in [6, 6.07) is 0. The topological polar surface area (TPSA) is 132 Å². The molecule has 3 atom stereocenters. The van der Waals surface area contributed by atoms with Crippen molar-refractivity contribution >= 4 is 13.8 Å². The van der Waals surface area contributed by atoms with Gasteiger partial charge in [0.05, 0.1) is 26.4 Å². The lowest BCUT2D eigenvalue weighted by molar-refractivity contribution is -0.154. The molecule has 0 amide bonds. The van der Waals surface area contributed by atoms with Crippen molar-refractivity contribution in [3.8, 4) is 0 Å². The van der Waals surface area contributed by atoms with E-state index < -0.39 is 39.2 Å². The lowest BCUT2D eigenvalue weighted by Crippen LogP contribution is -2.29. The molecule has 54 heavy (non-hydrogen) atoms. The summed E-state index contributed by atoms with van der Waals surface area (Å²) in [6.45, 7) is 3.37. The third-order valence-electron chi connectivity index (χ3n) is 9.00. The Hall–Kier alpha value is -1.58. The summed E-state index contributed by atoms with van der Waals surface area (Å²) in [7, 11) is -4.52. The molecule has 0 aliphatic heterocycles. The van der Waals surface area contributed by atoms with Gasteiger partial charge in [-0.1, -0.05) is 152 Å². The van der Waals surface area contributed by atoms with Crippen LogP contribution in [-0.2, 0) is 27.9 Å². The molecule has 0 heterocycles. The maximum Gasteiger partial charge on any atom is 0.472 e. The SMILES string of the molecule is CC/C=C\C/C=C\C/C=C\CCCCCCCC(=O)OC(COCCCCCCCCCC/C=C\CCCCCCCC)COP(=O)(O)OCC(O)CO. The van der Waals surface area contributed by atoms with E-state index in [1.165, 1.54) is 83.5 Å². The van der Waals surface area contributed by atoms with Crippen LogP contribution in [-0.4, -0.2) is 66.3 Å². The maximum atomic E-state index is 12.6. The number of esters is 1. The molecule has 0 aromatic carbocycles. The average Bonchev–Trinajstić information content (AvgIpc) is 3.16. The number of allylic oxidation sites excluding steroid dienone is 8. The van der Waals surface area contributed by atoms with Crippen molar-refractivity contribution in [1.29, 1.82) is 0 Å². The number of rotatable bonds is 41. The summed E-state index contributed by atoms with van der Waals surface area (Å²) >= 11 is 0. The minimum Gasteiger partial charge on any atom is -0.457 e. The minimum atomic E-state index is -4.52. The number of aliphatic hydroxyl groups is 2. The summed E-state index contributed by atoms with van der Waals surface area (Å²) in [5, 5.41) is 18.3. The Labute approximate surface area is 330 Å². The van der Waals surface area contributed by atoms with Crippen molar-refractivity contribution in [3.05, 3.63) is 48.6 Å². The summed E-state index contributed by atoms with van der Waals surface area (Å²) < 4.78 is 33.3.